The summed E-state index contributed by atoms with van der Waals surface area (Å²) in [4.78, 5) is 0. The average molecular weight is 358 g/mol. The predicted octanol–water partition coefficient (Wildman–Crippen LogP) is 5.72. The quantitative estimate of drug-likeness (QED) is 0.643. The second-order valence-electron chi connectivity index (χ2n) is 6.24. The molecule has 2 aromatic rings. The Morgan fingerprint density at radius 2 is 1.95 bits per heavy atom. The number of benzene rings is 2. The van der Waals surface area contributed by atoms with E-state index in [1.165, 1.54) is 17.2 Å². The number of nitrogens with one attached hydrogen (secondary N) is 1. The van der Waals surface area contributed by atoms with Gasteiger partial charge in [0.05, 0.1) is 11.7 Å². The van der Waals surface area contributed by atoms with E-state index in [9.17, 15) is 4.39 Å². The topological polar surface area (TPSA) is 12.0 Å². The molecule has 112 valence electrons. The number of halogens is 2. The van der Waals surface area contributed by atoms with Crippen molar-refractivity contribution in [1.82, 2.24) is 0 Å². The number of anilines is 1. The monoisotopic (exact) mass is 357 g/mol. The van der Waals surface area contributed by atoms with Crippen molar-refractivity contribution in [3.05, 3.63) is 75.5 Å². The Balaban J connectivity index is 1.82. The SMILES string of the molecule is Cc1ccc([C@@H]2Nc3c(F)cc(Br)cc3[C@H]3C=CC[C@H]32)cc1. The molecule has 2 aliphatic rings. The van der Waals surface area contributed by atoms with Crippen molar-refractivity contribution in [2.45, 2.75) is 25.3 Å². The van der Waals surface area contributed by atoms with Gasteiger partial charge in [-0.15, -0.1) is 0 Å². The summed E-state index contributed by atoms with van der Waals surface area (Å²) in [6, 6.07) is 12.3. The molecule has 0 fully saturated rings. The van der Waals surface area contributed by atoms with Crippen molar-refractivity contribution in [3.8, 4) is 0 Å². The maximum absolute atomic E-state index is 14.4. The van der Waals surface area contributed by atoms with Crippen LogP contribution in [0.2, 0.25) is 0 Å². The lowest BCUT2D eigenvalue weighted by molar-refractivity contribution is 0.420. The third kappa shape index (κ3) is 2.19. The fraction of sp³-hybridized carbons (Fsp3) is 0.263. The van der Waals surface area contributed by atoms with E-state index >= 15 is 0 Å². The van der Waals surface area contributed by atoms with Gasteiger partial charge in [0, 0.05) is 10.4 Å². The molecule has 1 aliphatic carbocycles. The zero-order valence-corrected chi connectivity index (χ0v) is 13.9. The molecule has 1 heterocycles. The van der Waals surface area contributed by atoms with Crippen LogP contribution in [-0.4, -0.2) is 0 Å². The van der Waals surface area contributed by atoms with Gasteiger partial charge in [-0.3, -0.25) is 0 Å². The summed E-state index contributed by atoms with van der Waals surface area (Å²) in [5.74, 6) is 0.554. The molecule has 4 rings (SSSR count). The van der Waals surface area contributed by atoms with Gasteiger partial charge in [-0.1, -0.05) is 57.9 Å². The minimum Gasteiger partial charge on any atom is -0.375 e. The van der Waals surface area contributed by atoms with Gasteiger partial charge in [0.15, 0.2) is 0 Å². The van der Waals surface area contributed by atoms with Crippen LogP contribution in [0.5, 0.6) is 0 Å². The van der Waals surface area contributed by atoms with Crippen LogP contribution in [0.4, 0.5) is 10.1 Å². The van der Waals surface area contributed by atoms with Crippen LogP contribution in [0, 0.1) is 18.7 Å². The Morgan fingerprint density at radius 1 is 1.18 bits per heavy atom. The van der Waals surface area contributed by atoms with Gasteiger partial charge < -0.3 is 5.32 Å². The number of hydrogen-bond acceptors (Lipinski definition) is 1. The van der Waals surface area contributed by atoms with Crippen LogP contribution in [0.15, 0.2) is 53.0 Å². The summed E-state index contributed by atoms with van der Waals surface area (Å²) in [7, 11) is 0. The number of fused-ring (bicyclic) bond motifs is 3. The van der Waals surface area contributed by atoms with Crippen molar-refractivity contribution in [1.29, 1.82) is 0 Å². The van der Waals surface area contributed by atoms with E-state index in [2.05, 4.69) is 64.6 Å². The molecular weight excluding hydrogens is 341 g/mol. The van der Waals surface area contributed by atoms with Gasteiger partial charge in [-0.05, 0) is 42.5 Å². The number of aryl methyl sites for hydroxylation is 1. The lowest BCUT2D eigenvalue weighted by atomic mass is 9.77. The molecule has 3 atom stereocenters. The molecule has 0 amide bonds. The van der Waals surface area contributed by atoms with Crippen LogP contribution in [0.1, 0.15) is 35.1 Å². The highest BCUT2D eigenvalue weighted by atomic mass is 79.9. The van der Waals surface area contributed by atoms with Crippen LogP contribution >= 0.6 is 15.9 Å². The second kappa shape index (κ2) is 5.24. The van der Waals surface area contributed by atoms with Gasteiger partial charge >= 0.3 is 0 Å². The van der Waals surface area contributed by atoms with E-state index in [0.29, 0.717) is 11.6 Å². The Morgan fingerprint density at radius 3 is 2.73 bits per heavy atom. The molecule has 1 nitrogen and oxygen atoms in total. The zero-order valence-electron chi connectivity index (χ0n) is 12.3. The lowest BCUT2D eigenvalue weighted by Gasteiger charge is -2.37. The highest BCUT2D eigenvalue weighted by Crippen LogP contribution is 2.50. The molecule has 22 heavy (non-hydrogen) atoms. The van der Waals surface area contributed by atoms with Crippen molar-refractivity contribution in [2.75, 3.05) is 5.32 Å². The molecule has 0 radical (unpaired) electrons. The summed E-state index contributed by atoms with van der Waals surface area (Å²) in [6.45, 7) is 2.09. The summed E-state index contributed by atoms with van der Waals surface area (Å²) in [5, 5.41) is 3.46. The molecular formula is C19H17BrFN. The standard InChI is InChI=1S/C19H17BrFN/c1-11-5-7-12(8-6-11)18-15-4-2-3-14(15)16-9-13(20)10-17(21)19(16)22-18/h2-3,5-10,14-15,18,22H,4H2,1H3/t14-,15+,18-/m0/s1. The van der Waals surface area contributed by atoms with Crippen molar-refractivity contribution in [3.63, 3.8) is 0 Å². The first-order chi connectivity index (χ1) is 10.6. The highest BCUT2D eigenvalue weighted by Gasteiger charge is 2.39. The molecule has 3 heteroatoms. The lowest BCUT2D eigenvalue weighted by Crippen LogP contribution is -2.29. The van der Waals surface area contributed by atoms with Gasteiger partial charge in [-0.2, -0.15) is 0 Å². The largest absolute Gasteiger partial charge is 0.375 e. The summed E-state index contributed by atoms with van der Waals surface area (Å²) in [6.07, 6.45) is 5.49. The first kappa shape index (κ1) is 14.0. The third-order valence-electron chi connectivity index (χ3n) is 4.82. The fourth-order valence-corrected chi connectivity index (χ4v) is 4.17. The van der Waals surface area contributed by atoms with Crippen molar-refractivity contribution >= 4 is 21.6 Å². The smallest absolute Gasteiger partial charge is 0.147 e. The summed E-state index contributed by atoms with van der Waals surface area (Å²) >= 11 is 3.41. The molecule has 0 saturated heterocycles. The highest BCUT2D eigenvalue weighted by molar-refractivity contribution is 9.10. The molecule has 0 unspecified atom stereocenters. The Bertz CT molecular complexity index is 751. The first-order valence-corrected chi connectivity index (χ1v) is 8.41. The number of hydrogen-bond donors (Lipinski definition) is 1. The molecule has 2 aromatic carbocycles. The maximum atomic E-state index is 14.4. The average Bonchev–Trinajstić information content (AvgIpc) is 2.97. The molecule has 0 bridgehead atoms. The van der Waals surface area contributed by atoms with E-state index in [1.54, 1.807) is 0 Å². The number of rotatable bonds is 1. The minimum atomic E-state index is -0.180. The van der Waals surface area contributed by atoms with Crippen molar-refractivity contribution < 1.29 is 4.39 Å². The fourth-order valence-electron chi connectivity index (χ4n) is 3.72. The molecule has 1 N–H and O–H groups in total. The third-order valence-corrected chi connectivity index (χ3v) is 5.28. The molecule has 0 saturated carbocycles. The van der Waals surface area contributed by atoms with E-state index in [4.69, 9.17) is 0 Å². The van der Waals surface area contributed by atoms with Gasteiger partial charge in [0.25, 0.3) is 0 Å². The van der Waals surface area contributed by atoms with Crippen LogP contribution in [0.25, 0.3) is 0 Å². The molecule has 0 spiro atoms. The Kier molecular flexibility index (Phi) is 3.33. The summed E-state index contributed by atoms with van der Waals surface area (Å²) < 4.78 is 15.2. The summed E-state index contributed by atoms with van der Waals surface area (Å²) in [5.41, 5.74) is 4.20. The van der Waals surface area contributed by atoms with Crippen LogP contribution in [0.3, 0.4) is 0 Å². The first-order valence-electron chi connectivity index (χ1n) is 7.62. The van der Waals surface area contributed by atoms with Crippen LogP contribution in [-0.2, 0) is 0 Å². The molecule has 0 aromatic heterocycles. The van der Waals surface area contributed by atoms with E-state index in [1.807, 2.05) is 6.07 Å². The zero-order chi connectivity index (χ0) is 15.3. The van der Waals surface area contributed by atoms with Gasteiger partial charge in [0.2, 0.25) is 0 Å². The van der Waals surface area contributed by atoms with E-state index in [-0.39, 0.29) is 17.8 Å². The normalized spacial score (nSPS) is 25.5. The number of allylic oxidation sites excluding steroid dienone is 2. The Hall–Kier alpha value is -1.61. The Labute approximate surface area is 138 Å². The molecule has 1 aliphatic heterocycles. The van der Waals surface area contributed by atoms with E-state index < -0.39 is 0 Å². The van der Waals surface area contributed by atoms with Crippen LogP contribution < -0.4 is 5.32 Å². The minimum absolute atomic E-state index is 0.156. The second-order valence-corrected chi connectivity index (χ2v) is 7.15. The van der Waals surface area contributed by atoms with Gasteiger partial charge in [-0.25, -0.2) is 4.39 Å². The van der Waals surface area contributed by atoms with E-state index in [0.717, 1.165) is 16.5 Å². The maximum Gasteiger partial charge on any atom is 0.147 e. The van der Waals surface area contributed by atoms with Crippen molar-refractivity contribution in [2.24, 2.45) is 5.92 Å². The van der Waals surface area contributed by atoms with Gasteiger partial charge in [0.1, 0.15) is 5.82 Å². The predicted molar refractivity (Wildman–Crippen MR) is 91.6 cm³/mol.